The minimum Gasteiger partial charge on any atom is -0.465 e. The smallest absolute Gasteiger partial charge is 0.408 e. The lowest BCUT2D eigenvalue weighted by molar-refractivity contribution is 0.0956. The summed E-state index contributed by atoms with van der Waals surface area (Å²) in [6, 6.07) is 4.36. The minimum absolute atomic E-state index is 0.314. The Bertz CT molecular complexity index is 704. The van der Waals surface area contributed by atoms with Crippen LogP contribution in [0.15, 0.2) is 16.5 Å². The van der Waals surface area contributed by atoms with Gasteiger partial charge >= 0.3 is 6.09 Å². The second-order valence-electron chi connectivity index (χ2n) is 6.36. The van der Waals surface area contributed by atoms with Gasteiger partial charge in [-0.05, 0) is 61.1 Å². The van der Waals surface area contributed by atoms with Crippen molar-refractivity contribution in [2.75, 3.05) is 19.0 Å². The van der Waals surface area contributed by atoms with Crippen molar-refractivity contribution in [3.8, 4) is 0 Å². The molecule has 0 atom stereocenters. The summed E-state index contributed by atoms with van der Waals surface area (Å²) >= 11 is 2.19. The molecule has 6 nitrogen and oxygen atoms in total. The Morgan fingerprint density at radius 2 is 2.00 bits per heavy atom. The summed E-state index contributed by atoms with van der Waals surface area (Å²) in [7, 11) is 3.73. The van der Waals surface area contributed by atoms with E-state index in [0.717, 1.165) is 20.2 Å². The zero-order valence-electron chi connectivity index (χ0n) is 13.3. The molecule has 0 spiro atoms. The van der Waals surface area contributed by atoms with E-state index in [2.05, 4.69) is 27.6 Å². The zero-order valence-corrected chi connectivity index (χ0v) is 15.5. The first kappa shape index (κ1) is 16.9. The normalized spacial score (nSPS) is 11.7. The number of benzene rings is 1. The average molecular weight is 417 g/mol. The number of carboxylic acid groups (broad SMARTS) is 1. The third-order valence-electron chi connectivity index (χ3n) is 3.26. The van der Waals surface area contributed by atoms with Crippen molar-refractivity contribution in [3.05, 3.63) is 21.3 Å². The van der Waals surface area contributed by atoms with Gasteiger partial charge in [-0.15, -0.1) is 0 Å². The van der Waals surface area contributed by atoms with Crippen LogP contribution >= 0.6 is 22.6 Å². The van der Waals surface area contributed by atoms with Crippen molar-refractivity contribution in [2.45, 2.75) is 32.9 Å². The second kappa shape index (κ2) is 5.94. The highest BCUT2D eigenvalue weighted by Gasteiger charge is 2.26. The number of fused-ring (bicyclic) bond motifs is 1. The molecule has 7 heteroatoms. The first-order valence-corrected chi connectivity index (χ1v) is 7.94. The number of carbonyl (C=O) groups is 1. The average Bonchev–Trinajstić information content (AvgIpc) is 2.78. The van der Waals surface area contributed by atoms with Crippen LogP contribution in [0.1, 0.15) is 26.3 Å². The second-order valence-corrected chi connectivity index (χ2v) is 7.52. The van der Waals surface area contributed by atoms with E-state index < -0.39 is 11.6 Å². The Kier molecular flexibility index (Phi) is 4.55. The van der Waals surface area contributed by atoms with Gasteiger partial charge in [0.15, 0.2) is 5.58 Å². The molecule has 0 fully saturated rings. The Morgan fingerprint density at radius 1 is 1.36 bits per heavy atom. The van der Waals surface area contributed by atoms with Gasteiger partial charge in [-0.2, -0.15) is 4.98 Å². The van der Waals surface area contributed by atoms with Gasteiger partial charge in [0, 0.05) is 26.2 Å². The van der Waals surface area contributed by atoms with E-state index in [1.54, 1.807) is 4.90 Å². The van der Waals surface area contributed by atoms with E-state index >= 15 is 0 Å². The highest BCUT2D eigenvalue weighted by Crippen LogP contribution is 2.28. The van der Waals surface area contributed by atoms with E-state index in [1.807, 2.05) is 47.0 Å². The maximum Gasteiger partial charge on any atom is 0.408 e. The lowest BCUT2D eigenvalue weighted by atomic mass is 10.1. The largest absolute Gasteiger partial charge is 0.465 e. The summed E-state index contributed by atoms with van der Waals surface area (Å²) in [6.07, 6.45) is -0.934. The van der Waals surface area contributed by atoms with Crippen LogP contribution in [0.4, 0.5) is 10.8 Å². The molecular weight excluding hydrogens is 397 g/mol. The minimum atomic E-state index is -0.934. The number of hydrogen-bond donors (Lipinski definition) is 1. The lowest BCUT2D eigenvalue weighted by Gasteiger charge is -2.33. The molecule has 0 bridgehead atoms. The topological polar surface area (TPSA) is 69.8 Å². The Morgan fingerprint density at radius 3 is 2.50 bits per heavy atom. The SMILES string of the molecule is CN(C)c1nc2cc(CN(C(=O)O)C(C)(C)C)cc(I)c2o1. The van der Waals surface area contributed by atoms with E-state index in [1.165, 1.54) is 4.90 Å². The summed E-state index contributed by atoms with van der Waals surface area (Å²) in [5, 5.41) is 9.41. The van der Waals surface area contributed by atoms with E-state index in [4.69, 9.17) is 4.42 Å². The molecular formula is C15H20IN3O3. The van der Waals surface area contributed by atoms with Gasteiger partial charge < -0.3 is 14.4 Å². The van der Waals surface area contributed by atoms with Crippen LogP contribution in [0, 0.1) is 3.57 Å². The first-order chi connectivity index (χ1) is 10.1. The summed E-state index contributed by atoms with van der Waals surface area (Å²) < 4.78 is 6.63. The van der Waals surface area contributed by atoms with Gasteiger partial charge in [0.1, 0.15) is 5.52 Å². The Hall–Kier alpha value is -1.51. The molecule has 0 saturated carbocycles. The van der Waals surface area contributed by atoms with Crippen LogP contribution in [0.25, 0.3) is 11.1 Å². The molecule has 1 heterocycles. The Labute approximate surface area is 143 Å². The first-order valence-electron chi connectivity index (χ1n) is 6.86. The lowest BCUT2D eigenvalue weighted by Crippen LogP contribution is -2.44. The zero-order chi connectivity index (χ0) is 16.7. The van der Waals surface area contributed by atoms with Crippen molar-refractivity contribution in [2.24, 2.45) is 0 Å². The molecule has 0 aliphatic rings. The van der Waals surface area contributed by atoms with Gasteiger partial charge in [-0.3, -0.25) is 4.90 Å². The third-order valence-corrected chi connectivity index (χ3v) is 4.06. The number of nitrogens with zero attached hydrogens (tertiary/aromatic N) is 3. The number of aromatic nitrogens is 1. The fourth-order valence-electron chi connectivity index (χ4n) is 2.09. The van der Waals surface area contributed by atoms with Crippen molar-refractivity contribution in [1.29, 1.82) is 0 Å². The van der Waals surface area contributed by atoms with Crippen molar-refractivity contribution in [3.63, 3.8) is 0 Å². The number of oxazole rings is 1. The number of halogens is 1. The maximum atomic E-state index is 11.5. The molecule has 120 valence electrons. The highest BCUT2D eigenvalue weighted by molar-refractivity contribution is 14.1. The van der Waals surface area contributed by atoms with Gasteiger partial charge in [-0.1, -0.05) is 0 Å². The van der Waals surface area contributed by atoms with E-state index in [-0.39, 0.29) is 0 Å². The van der Waals surface area contributed by atoms with Crippen LogP contribution < -0.4 is 4.90 Å². The number of rotatable bonds is 3. The predicted octanol–water partition coefficient (Wildman–Crippen LogP) is 3.78. The summed E-state index contributed by atoms with van der Waals surface area (Å²) in [4.78, 5) is 19.1. The van der Waals surface area contributed by atoms with Gasteiger partial charge in [-0.25, -0.2) is 4.79 Å². The number of anilines is 1. The quantitative estimate of drug-likeness (QED) is 0.770. The summed E-state index contributed by atoms with van der Waals surface area (Å²) in [5.74, 6) is 0. The molecule has 0 saturated heterocycles. The van der Waals surface area contributed by atoms with E-state index in [9.17, 15) is 9.90 Å². The number of amides is 1. The van der Waals surface area contributed by atoms with Crippen LogP contribution in [-0.2, 0) is 6.54 Å². The molecule has 1 N–H and O–H groups in total. The maximum absolute atomic E-state index is 11.5. The fraction of sp³-hybridized carbons (Fsp3) is 0.467. The van der Waals surface area contributed by atoms with Crippen molar-refractivity contribution < 1.29 is 14.3 Å². The van der Waals surface area contributed by atoms with Crippen LogP contribution in [-0.4, -0.2) is 40.7 Å². The summed E-state index contributed by atoms with van der Waals surface area (Å²) in [5.41, 5.74) is 1.90. The molecule has 2 aromatic rings. The highest BCUT2D eigenvalue weighted by atomic mass is 127. The van der Waals surface area contributed by atoms with Crippen LogP contribution in [0.3, 0.4) is 0 Å². The standard InChI is InChI=1S/C15H20IN3O3/c1-15(2,3)19(14(20)21)8-9-6-10(16)12-11(7-9)17-13(22-12)18(4)5/h6-7H,8H2,1-5H3,(H,20,21). The molecule has 1 aromatic carbocycles. The monoisotopic (exact) mass is 417 g/mol. The van der Waals surface area contributed by atoms with Crippen LogP contribution in [0.5, 0.6) is 0 Å². The fourth-order valence-corrected chi connectivity index (χ4v) is 2.88. The molecule has 0 aliphatic carbocycles. The molecule has 2 rings (SSSR count). The third kappa shape index (κ3) is 3.45. The number of hydrogen-bond acceptors (Lipinski definition) is 4. The van der Waals surface area contributed by atoms with Gasteiger partial charge in [0.2, 0.25) is 0 Å². The van der Waals surface area contributed by atoms with E-state index in [0.29, 0.717) is 12.6 Å². The molecule has 0 radical (unpaired) electrons. The summed E-state index contributed by atoms with van der Waals surface area (Å²) in [6.45, 7) is 5.95. The van der Waals surface area contributed by atoms with Gasteiger partial charge in [0.05, 0.1) is 3.57 Å². The van der Waals surface area contributed by atoms with Crippen molar-refractivity contribution in [1.82, 2.24) is 9.88 Å². The molecule has 1 amide bonds. The molecule has 22 heavy (non-hydrogen) atoms. The molecule has 0 unspecified atom stereocenters. The molecule has 0 aliphatic heterocycles. The van der Waals surface area contributed by atoms with Crippen molar-refractivity contribution >= 4 is 45.8 Å². The predicted molar refractivity (Wildman–Crippen MR) is 94.4 cm³/mol. The molecule has 1 aromatic heterocycles. The van der Waals surface area contributed by atoms with Crippen LogP contribution in [0.2, 0.25) is 0 Å². The Balaban J connectivity index is 2.42. The van der Waals surface area contributed by atoms with Gasteiger partial charge in [0.25, 0.3) is 6.01 Å².